The van der Waals surface area contributed by atoms with Crippen LogP contribution >= 0.6 is 11.8 Å². The van der Waals surface area contributed by atoms with Crippen molar-refractivity contribution in [3.05, 3.63) is 24.3 Å². The van der Waals surface area contributed by atoms with Crippen molar-refractivity contribution in [2.45, 2.75) is 11.0 Å². The first-order valence-electron chi connectivity index (χ1n) is 5.34. The summed E-state index contributed by atoms with van der Waals surface area (Å²) in [6, 6.07) is 8.07. The summed E-state index contributed by atoms with van der Waals surface area (Å²) in [7, 11) is 1.68. The van der Waals surface area contributed by atoms with Gasteiger partial charge in [-0.2, -0.15) is 0 Å². The van der Waals surface area contributed by atoms with Crippen molar-refractivity contribution in [3.63, 3.8) is 0 Å². The van der Waals surface area contributed by atoms with E-state index in [1.165, 1.54) is 4.90 Å². The maximum absolute atomic E-state index is 5.57. The van der Waals surface area contributed by atoms with E-state index < -0.39 is 0 Å². The summed E-state index contributed by atoms with van der Waals surface area (Å²) in [5.41, 5.74) is 0. The zero-order valence-electron chi connectivity index (χ0n) is 9.35. The molecule has 0 bridgehead atoms. The molecule has 1 atom stereocenters. The molecule has 1 fully saturated rings. The number of methoxy groups -OCH3 is 1. The van der Waals surface area contributed by atoms with Crippen LogP contribution in [-0.2, 0) is 9.47 Å². The summed E-state index contributed by atoms with van der Waals surface area (Å²) in [5.74, 6) is 1.83. The van der Waals surface area contributed by atoms with Crippen LogP contribution in [0.2, 0.25) is 0 Å². The summed E-state index contributed by atoms with van der Waals surface area (Å²) in [6.45, 7) is 2.15. The van der Waals surface area contributed by atoms with Gasteiger partial charge in [0, 0.05) is 10.6 Å². The van der Waals surface area contributed by atoms with Crippen LogP contribution in [0.15, 0.2) is 29.2 Å². The standard InChI is InChI=1S/C12H16O3S/c1-13-10-2-4-12(5-3-10)16-9-11-8-14-6-7-15-11/h2-5,11H,6-9H2,1H3. The lowest BCUT2D eigenvalue weighted by Crippen LogP contribution is -2.30. The fourth-order valence-corrected chi connectivity index (χ4v) is 2.39. The van der Waals surface area contributed by atoms with Crippen molar-refractivity contribution in [2.24, 2.45) is 0 Å². The van der Waals surface area contributed by atoms with Gasteiger partial charge in [-0.1, -0.05) is 0 Å². The molecule has 4 heteroatoms. The first-order valence-corrected chi connectivity index (χ1v) is 6.33. The van der Waals surface area contributed by atoms with E-state index in [1.807, 2.05) is 12.1 Å². The topological polar surface area (TPSA) is 27.7 Å². The van der Waals surface area contributed by atoms with Crippen LogP contribution in [0.4, 0.5) is 0 Å². The fraction of sp³-hybridized carbons (Fsp3) is 0.500. The quantitative estimate of drug-likeness (QED) is 0.754. The van der Waals surface area contributed by atoms with E-state index in [0.29, 0.717) is 13.2 Å². The maximum Gasteiger partial charge on any atom is 0.118 e. The van der Waals surface area contributed by atoms with Crippen LogP contribution in [-0.4, -0.2) is 38.8 Å². The lowest BCUT2D eigenvalue weighted by atomic mass is 10.3. The molecule has 1 aliphatic heterocycles. The van der Waals surface area contributed by atoms with Gasteiger partial charge in [-0.25, -0.2) is 0 Å². The van der Waals surface area contributed by atoms with Crippen LogP contribution in [0.3, 0.4) is 0 Å². The van der Waals surface area contributed by atoms with Gasteiger partial charge >= 0.3 is 0 Å². The second-order valence-electron chi connectivity index (χ2n) is 3.55. The zero-order chi connectivity index (χ0) is 11.2. The van der Waals surface area contributed by atoms with Gasteiger partial charge in [0.25, 0.3) is 0 Å². The van der Waals surface area contributed by atoms with Crippen LogP contribution in [0.5, 0.6) is 5.75 Å². The molecule has 0 radical (unpaired) electrons. The smallest absolute Gasteiger partial charge is 0.118 e. The molecule has 0 N–H and O–H groups in total. The maximum atomic E-state index is 5.57. The molecular weight excluding hydrogens is 224 g/mol. The molecule has 0 aliphatic carbocycles. The molecule has 1 aromatic rings. The molecule has 1 heterocycles. The summed E-state index contributed by atoms with van der Waals surface area (Å²) in [5, 5.41) is 0. The first kappa shape index (κ1) is 11.8. The lowest BCUT2D eigenvalue weighted by Gasteiger charge is -2.22. The predicted octanol–water partition coefficient (Wildman–Crippen LogP) is 2.20. The number of ether oxygens (including phenoxy) is 3. The van der Waals surface area contributed by atoms with Crippen molar-refractivity contribution in [1.29, 1.82) is 0 Å². The van der Waals surface area contributed by atoms with Crippen LogP contribution in [0, 0.1) is 0 Å². The van der Waals surface area contributed by atoms with E-state index in [1.54, 1.807) is 18.9 Å². The largest absolute Gasteiger partial charge is 0.497 e. The highest BCUT2D eigenvalue weighted by Crippen LogP contribution is 2.23. The monoisotopic (exact) mass is 240 g/mol. The third-order valence-corrected chi connectivity index (χ3v) is 3.52. The summed E-state index contributed by atoms with van der Waals surface area (Å²) < 4.78 is 16.0. The van der Waals surface area contributed by atoms with Crippen molar-refractivity contribution in [1.82, 2.24) is 0 Å². The third-order valence-electron chi connectivity index (χ3n) is 2.38. The Morgan fingerprint density at radius 2 is 2.12 bits per heavy atom. The molecule has 0 amide bonds. The third kappa shape index (κ3) is 3.40. The number of rotatable bonds is 4. The lowest BCUT2D eigenvalue weighted by molar-refractivity contribution is -0.0776. The molecule has 1 saturated heterocycles. The summed E-state index contributed by atoms with van der Waals surface area (Å²) >= 11 is 1.79. The Labute approximate surface area is 100 Å². The van der Waals surface area contributed by atoms with Gasteiger partial charge in [-0.05, 0) is 24.3 Å². The molecule has 2 rings (SSSR count). The second kappa shape index (κ2) is 6.13. The van der Waals surface area contributed by atoms with Crippen molar-refractivity contribution in [2.75, 3.05) is 32.7 Å². The Bertz CT molecular complexity index is 307. The van der Waals surface area contributed by atoms with Crippen LogP contribution in [0.25, 0.3) is 0 Å². The van der Waals surface area contributed by atoms with Crippen LogP contribution in [0.1, 0.15) is 0 Å². The molecule has 0 aromatic heterocycles. The van der Waals surface area contributed by atoms with Gasteiger partial charge < -0.3 is 14.2 Å². The van der Waals surface area contributed by atoms with E-state index in [0.717, 1.165) is 18.1 Å². The minimum atomic E-state index is 0.223. The van der Waals surface area contributed by atoms with Gasteiger partial charge in [0.2, 0.25) is 0 Å². The van der Waals surface area contributed by atoms with E-state index in [-0.39, 0.29) is 6.10 Å². The van der Waals surface area contributed by atoms with E-state index in [2.05, 4.69) is 12.1 Å². The molecule has 1 aliphatic rings. The van der Waals surface area contributed by atoms with Gasteiger partial charge in [0.05, 0.1) is 33.0 Å². The normalized spacial score (nSPS) is 20.7. The summed E-state index contributed by atoms with van der Waals surface area (Å²) in [4.78, 5) is 1.23. The average Bonchev–Trinajstić information content (AvgIpc) is 2.38. The molecule has 1 unspecified atom stereocenters. The molecule has 3 nitrogen and oxygen atoms in total. The molecule has 1 aromatic carbocycles. The van der Waals surface area contributed by atoms with Gasteiger partial charge in [-0.15, -0.1) is 11.8 Å². The van der Waals surface area contributed by atoms with Gasteiger partial charge in [-0.3, -0.25) is 0 Å². The SMILES string of the molecule is COc1ccc(SCC2COCCO2)cc1. The number of hydrogen-bond acceptors (Lipinski definition) is 4. The predicted molar refractivity (Wildman–Crippen MR) is 64.3 cm³/mol. The average molecular weight is 240 g/mol. The van der Waals surface area contributed by atoms with E-state index >= 15 is 0 Å². The van der Waals surface area contributed by atoms with E-state index in [4.69, 9.17) is 14.2 Å². The number of benzene rings is 1. The van der Waals surface area contributed by atoms with Crippen molar-refractivity contribution in [3.8, 4) is 5.75 Å². The van der Waals surface area contributed by atoms with Crippen LogP contribution < -0.4 is 4.74 Å². The molecule has 0 spiro atoms. The second-order valence-corrected chi connectivity index (χ2v) is 4.65. The fourth-order valence-electron chi connectivity index (χ4n) is 1.49. The number of thioether (sulfide) groups is 1. The Balaban J connectivity index is 1.79. The van der Waals surface area contributed by atoms with Crippen molar-refractivity contribution < 1.29 is 14.2 Å². The summed E-state index contributed by atoms with van der Waals surface area (Å²) in [6.07, 6.45) is 0.223. The Morgan fingerprint density at radius 3 is 2.75 bits per heavy atom. The minimum absolute atomic E-state index is 0.223. The van der Waals surface area contributed by atoms with Gasteiger partial charge in [0.15, 0.2) is 0 Å². The highest BCUT2D eigenvalue weighted by atomic mass is 32.2. The van der Waals surface area contributed by atoms with E-state index in [9.17, 15) is 0 Å². The highest BCUT2D eigenvalue weighted by molar-refractivity contribution is 7.99. The highest BCUT2D eigenvalue weighted by Gasteiger charge is 2.14. The molecular formula is C12H16O3S. The zero-order valence-corrected chi connectivity index (χ0v) is 10.2. The molecule has 0 saturated carbocycles. The molecule has 88 valence electrons. The Kier molecular flexibility index (Phi) is 4.51. The Morgan fingerprint density at radius 1 is 1.31 bits per heavy atom. The van der Waals surface area contributed by atoms with Gasteiger partial charge in [0.1, 0.15) is 5.75 Å². The molecule has 16 heavy (non-hydrogen) atoms. The van der Waals surface area contributed by atoms with Crippen molar-refractivity contribution >= 4 is 11.8 Å². The first-order chi connectivity index (χ1) is 7.88. The Hall–Kier alpha value is -0.710. The minimum Gasteiger partial charge on any atom is -0.497 e. The number of hydrogen-bond donors (Lipinski definition) is 0.